The van der Waals surface area contributed by atoms with E-state index in [-0.39, 0.29) is 30.9 Å². The molecule has 2 aliphatic rings. The molecule has 1 saturated carbocycles. The number of hydrogen-bond acceptors (Lipinski definition) is 3. The maximum Gasteiger partial charge on any atom is 0.222 e. The first-order chi connectivity index (χ1) is 10.1. The lowest BCUT2D eigenvalue weighted by Crippen LogP contribution is -2.37. The third-order valence-electron chi connectivity index (χ3n) is 5.00. The molecule has 2 rings (SSSR count). The Balaban J connectivity index is 0.00000242. The van der Waals surface area contributed by atoms with Crippen molar-refractivity contribution in [3.8, 4) is 0 Å². The highest BCUT2D eigenvalue weighted by Crippen LogP contribution is 2.24. The number of carbonyl (C=O) groups is 1. The Morgan fingerprint density at radius 2 is 1.74 bits per heavy atom. The molecule has 138 valence electrons. The van der Waals surface area contributed by atoms with Gasteiger partial charge in [0.1, 0.15) is 0 Å². The van der Waals surface area contributed by atoms with E-state index < -0.39 is 0 Å². The second kappa shape index (κ2) is 12.3. The Morgan fingerprint density at radius 1 is 1.04 bits per heavy atom. The SMILES string of the molecule is CC(N)CCC(=O)N1CCCN(CC2CCCCC2)CC1.Cl.Cl. The van der Waals surface area contributed by atoms with Crippen LogP contribution in [0.1, 0.15) is 58.3 Å². The fourth-order valence-electron chi connectivity index (χ4n) is 3.65. The van der Waals surface area contributed by atoms with Crippen molar-refractivity contribution >= 4 is 30.7 Å². The van der Waals surface area contributed by atoms with Gasteiger partial charge < -0.3 is 15.5 Å². The molecule has 2 N–H and O–H groups in total. The fraction of sp³-hybridized carbons (Fsp3) is 0.941. The van der Waals surface area contributed by atoms with Crippen molar-refractivity contribution in [2.24, 2.45) is 11.7 Å². The number of amides is 1. The number of hydrogen-bond donors (Lipinski definition) is 1. The molecule has 1 heterocycles. The molecule has 1 saturated heterocycles. The van der Waals surface area contributed by atoms with Crippen molar-refractivity contribution < 1.29 is 4.79 Å². The Morgan fingerprint density at radius 3 is 2.39 bits per heavy atom. The van der Waals surface area contributed by atoms with Crippen LogP contribution in [-0.2, 0) is 4.79 Å². The van der Waals surface area contributed by atoms with Gasteiger partial charge in [-0.1, -0.05) is 19.3 Å². The van der Waals surface area contributed by atoms with Crippen LogP contribution in [0, 0.1) is 5.92 Å². The molecule has 0 aromatic carbocycles. The average molecular weight is 368 g/mol. The van der Waals surface area contributed by atoms with Gasteiger partial charge in [-0.3, -0.25) is 4.79 Å². The normalized spacial score (nSPS) is 21.7. The van der Waals surface area contributed by atoms with E-state index in [4.69, 9.17) is 5.73 Å². The molecule has 0 spiro atoms. The standard InChI is InChI=1S/C17H33N3O.2ClH/c1-15(18)8-9-17(21)20-11-5-10-19(12-13-20)14-16-6-3-2-4-7-16;;/h15-16H,2-14,18H2,1H3;2*1H. The number of nitrogens with zero attached hydrogens (tertiary/aromatic N) is 2. The van der Waals surface area contributed by atoms with Crippen LogP contribution in [0.15, 0.2) is 0 Å². The van der Waals surface area contributed by atoms with E-state index >= 15 is 0 Å². The summed E-state index contributed by atoms with van der Waals surface area (Å²) in [4.78, 5) is 16.9. The first kappa shape index (κ1) is 23.0. The summed E-state index contributed by atoms with van der Waals surface area (Å²) in [7, 11) is 0. The van der Waals surface area contributed by atoms with E-state index in [0.29, 0.717) is 12.3 Å². The number of halogens is 2. The van der Waals surface area contributed by atoms with Crippen LogP contribution >= 0.6 is 24.8 Å². The van der Waals surface area contributed by atoms with E-state index in [1.807, 2.05) is 6.92 Å². The molecule has 1 aliphatic carbocycles. The molecule has 0 aromatic heterocycles. The van der Waals surface area contributed by atoms with Crippen LogP contribution in [0.2, 0.25) is 0 Å². The summed E-state index contributed by atoms with van der Waals surface area (Å²) >= 11 is 0. The minimum absolute atomic E-state index is 0. The predicted octanol–water partition coefficient (Wildman–Crippen LogP) is 3.07. The minimum Gasteiger partial charge on any atom is -0.341 e. The molecule has 1 atom stereocenters. The lowest BCUT2D eigenvalue weighted by molar-refractivity contribution is -0.131. The predicted molar refractivity (Wildman–Crippen MR) is 102 cm³/mol. The van der Waals surface area contributed by atoms with Crippen LogP contribution in [0.25, 0.3) is 0 Å². The lowest BCUT2D eigenvalue weighted by atomic mass is 9.89. The van der Waals surface area contributed by atoms with Gasteiger partial charge in [0.15, 0.2) is 0 Å². The van der Waals surface area contributed by atoms with Crippen LogP contribution in [0.3, 0.4) is 0 Å². The monoisotopic (exact) mass is 367 g/mol. The van der Waals surface area contributed by atoms with Gasteiger partial charge in [0.2, 0.25) is 5.91 Å². The molecule has 1 aliphatic heterocycles. The van der Waals surface area contributed by atoms with Crippen LogP contribution in [0.4, 0.5) is 0 Å². The molecule has 1 unspecified atom stereocenters. The Bertz CT molecular complexity index is 323. The Hall–Kier alpha value is -0.0300. The van der Waals surface area contributed by atoms with Gasteiger partial charge in [0.25, 0.3) is 0 Å². The smallest absolute Gasteiger partial charge is 0.222 e. The van der Waals surface area contributed by atoms with Gasteiger partial charge in [0.05, 0.1) is 0 Å². The summed E-state index contributed by atoms with van der Waals surface area (Å²) < 4.78 is 0. The van der Waals surface area contributed by atoms with Crippen molar-refractivity contribution in [1.29, 1.82) is 0 Å². The fourth-order valence-corrected chi connectivity index (χ4v) is 3.65. The van der Waals surface area contributed by atoms with Crippen LogP contribution < -0.4 is 5.73 Å². The quantitative estimate of drug-likeness (QED) is 0.811. The molecule has 0 radical (unpaired) electrons. The first-order valence-corrected chi connectivity index (χ1v) is 8.91. The zero-order valence-corrected chi connectivity index (χ0v) is 16.2. The van der Waals surface area contributed by atoms with E-state index in [2.05, 4.69) is 9.80 Å². The topological polar surface area (TPSA) is 49.6 Å². The molecule has 2 fully saturated rings. The molecular weight excluding hydrogens is 333 g/mol. The average Bonchev–Trinajstić information content (AvgIpc) is 2.71. The Labute approximate surface area is 154 Å². The van der Waals surface area contributed by atoms with E-state index in [1.54, 1.807) is 0 Å². The van der Waals surface area contributed by atoms with Gasteiger partial charge in [-0.25, -0.2) is 0 Å². The zero-order chi connectivity index (χ0) is 15.1. The van der Waals surface area contributed by atoms with Crippen molar-refractivity contribution in [3.05, 3.63) is 0 Å². The summed E-state index contributed by atoms with van der Waals surface area (Å²) in [5.41, 5.74) is 5.75. The first-order valence-electron chi connectivity index (χ1n) is 8.91. The van der Waals surface area contributed by atoms with Gasteiger partial charge in [0, 0.05) is 38.6 Å². The van der Waals surface area contributed by atoms with Crippen molar-refractivity contribution in [1.82, 2.24) is 9.80 Å². The summed E-state index contributed by atoms with van der Waals surface area (Å²) in [6, 6.07) is 0.128. The third kappa shape index (κ3) is 8.57. The van der Waals surface area contributed by atoms with Crippen molar-refractivity contribution in [3.63, 3.8) is 0 Å². The Kier molecular flexibility index (Phi) is 12.3. The van der Waals surface area contributed by atoms with Gasteiger partial charge in [-0.05, 0) is 45.1 Å². The highest BCUT2D eigenvalue weighted by Gasteiger charge is 2.22. The highest BCUT2D eigenvalue weighted by molar-refractivity contribution is 5.85. The maximum absolute atomic E-state index is 12.2. The summed E-state index contributed by atoms with van der Waals surface area (Å²) in [6.45, 7) is 7.28. The molecule has 23 heavy (non-hydrogen) atoms. The van der Waals surface area contributed by atoms with E-state index in [9.17, 15) is 4.79 Å². The van der Waals surface area contributed by atoms with Gasteiger partial charge in [-0.2, -0.15) is 0 Å². The van der Waals surface area contributed by atoms with E-state index in [0.717, 1.165) is 44.9 Å². The number of rotatable bonds is 5. The summed E-state index contributed by atoms with van der Waals surface area (Å²) in [5.74, 6) is 1.20. The van der Waals surface area contributed by atoms with Gasteiger partial charge in [-0.15, -0.1) is 24.8 Å². The van der Waals surface area contributed by atoms with Gasteiger partial charge >= 0.3 is 0 Å². The second-order valence-electron chi connectivity index (χ2n) is 7.05. The number of nitrogens with two attached hydrogens (primary N) is 1. The highest BCUT2D eigenvalue weighted by atomic mass is 35.5. The molecule has 0 aromatic rings. The van der Waals surface area contributed by atoms with Crippen molar-refractivity contribution in [2.75, 3.05) is 32.7 Å². The second-order valence-corrected chi connectivity index (χ2v) is 7.05. The third-order valence-corrected chi connectivity index (χ3v) is 5.00. The van der Waals surface area contributed by atoms with Crippen molar-refractivity contribution in [2.45, 2.75) is 64.3 Å². The molecular formula is C17H35Cl2N3O. The summed E-state index contributed by atoms with van der Waals surface area (Å²) in [6.07, 6.45) is 9.62. The molecule has 6 heteroatoms. The van der Waals surface area contributed by atoms with Crippen LogP contribution in [0.5, 0.6) is 0 Å². The maximum atomic E-state index is 12.2. The number of carbonyl (C=O) groups excluding carboxylic acids is 1. The minimum atomic E-state index is 0. The van der Waals surface area contributed by atoms with E-state index in [1.165, 1.54) is 38.6 Å². The summed E-state index contributed by atoms with van der Waals surface area (Å²) in [5, 5.41) is 0. The zero-order valence-electron chi connectivity index (χ0n) is 14.5. The molecule has 4 nitrogen and oxygen atoms in total. The largest absolute Gasteiger partial charge is 0.341 e. The lowest BCUT2D eigenvalue weighted by Gasteiger charge is -2.28. The molecule has 0 bridgehead atoms. The van der Waals surface area contributed by atoms with Crippen LogP contribution in [-0.4, -0.2) is 54.5 Å². The molecule has 1 amide bonds.